The molecule has 0 spiro atoms. The van der Waals surface area contributed by atoms with Crippen LogP contribution in [0.1, 0.15) is 107 Å². The summed E-state index contributed by atoms with van der Waals surface area (Å²) in [5, 5.41) is 10.9. The fourth-order valence-corrected chi connectivity index (χ4v) is 10.5. The Bertz CT molecular complexity index is 2000. The van der Waals surface area contributed by atoms with Crippen molar-refractivity contribution in [3.05, 3.63) is 53.1 Å². The average Bonchev–Trinajstić information content (AvgIpc) is 3.45. The summed E-state index contributed by atoms with van der Waals surface area (Å²) in [5.41, 5.74) is 1.94. The van der Waals surface area contributed by atoms with Crippen molar-refractivity contribution in [2.45, 2.75) is 128 Å². The number of hydrogen-bond acceptors (Lipinski definition) is 12. The number of carbonyl (C=O) groups excluding carboxylic acids is 7. The minimum absolute atomic E-state index is 0.000405. The van der Waals surface area contributed by atoms with Crippen LogP contribution in [-0.4, -0.2) is 112 Å². The van der Waals surface area contributed by atoms with E-state index in [0.29, 0.717) is 31.5 Å². The fourth-order valence-electron chi connectivity index (χ4n) is 9.13. The molecule has 1 aromatic carbocycles. The molecule has 6 amide bonds. The average molecular weight is 892 g/mol. The first-order valence-electron chi connectivity index (χ1n) is 22.5. The predicted octanol–water partition coefficient (Wildman–Crippen LogP) is 5.40. The highest BCUT2D eigenvalue weighted by Gasteiger charge is 2.47. The van der Waals surface area contributed by atoms with E-state index in [1.54, 1.807) is 12.1 Å². The third-order valence-electron chi connectivity index (χ3n) is 13.4. The van der Waals surface area contributed by atoms with Gasteiger partial charge in [0.1, 0.15) is 18.2 Å². The zero-order valence-electron chi connectivity index (χ0n) is 37.7. The van der Waals surface area contributed by atoms with E-state index in [2.05, 4.69) is 87.2 Å². The van der Waals surface area contributed by atoms with Crippen molar-refractivity contribution in [1.82, 2.24) is 20.9 Å². The Hall–Kier alpha value is -4.87. The first-order chi connectivity index (χ1) is 29.8. The molecule has 8 atom stereocenters. The second kappa shape index (κ2) is 20.3. The number of cyclic esters (lactones) is 1. The van der Waals surface area contributed by atoms with Crippen LogP contribution in [0.25, 0.3) is 0 Å². The fraction of sp³-hybridized carbons (Fsp3) is 0.630. The molecule has 1 aromatic rings. The van der Waals surface area contributed by atoms with Gasteiger partial charge in [0, 0.05) is 50.5 Å². The maximum atomic E-state index is 13.3. The molecule has 3 heterocycles. The van der Waals surface area contributed by atoms with Gasteiger partial charge in [-0.05, 0) is 79.3 Å². The molecule has 16 nitrogen and oxygen atoms in total. The zero-order chi connectivity index (χ0) is 45.6. The van der Waals surface area contributed by atoms with E-state index < -0.39 is 44.1 Å². The van der Waals surface area contributed by atoms with Crippen molar-refractivity contribution in [3.63, 3.8) is 0 Å². The Morgan fingerprint density at radius 3 is 2.48 bits per heavy atom. The number of piperidine rings is 1. The van der Waals surface area contributed by atoms with Gasteiger partial charge in [-0.2, -0.15) is 0 Å². The van der Waals surface area contributed by atoms with E-state index in [1.165, 1.54) is 11.6 Å². The number of carbonyl (C=O) groups is 7. The number of amides is 6. The van der Waals surface area contributed by atoms with Crippen LogP contribution >= 0.6 is 0 Å². The van der Waals surface area contributed by atoms with Gasteiger partial charge in [0.25, 0.3) is 11.8 Å². The predicted molar refractivity (Wildman–Crippen MR) is 236 cm³/mol. The van der Waals surface area contributed by atoms with E-state index >= 15 is 0 Å². The standard InChI is InChI=1S/C46H65N5O11Si/c1-27-23-29-12-11-28(2)32(14-13-30-25-31(26-39(54)60-30)62-63(6,7)46(3,4)5)40(29)36(24-27)61-45(58)49-18-17-37(52)48-20-22-59-21-19-47-34-10-8-9-33-41(34)44(57)51(43(33)56)35-15-16-38(53)50-42(35)55/h8-12,23,27-28,30-32,35-36,40,47H,13-22,24-26H2,1-7H3,(H,48,52)(H,49,58)(H,50,53,55)/t27-,28-,30+,31+,32-,35?,36-,40-/m0/s1. The number of nitrogens with one attached hydrogen (secondary N) is 4. The first-order valence-corrected chi connectivity index (χ1v) is 25.4. The molecule has 1 unspecified atom stereocenters. The number of allylic oxidation sites excluding steroid dienone is 3. The number of nitrogens with zero attached hydrogens (tertiary/aromatic N) is 1. The number of fused-ring (bicyclic) bond motifs is 2. The molecule has 2 fully saturated rings. The summed E-state index contributed by atoms with van der Waals surface area (Å²) >= 11 is 0. The van der Waals surface area contributed by atoms with E-state index in [9.17, 15) is 33.6 Å². The monoisotopic (exact) mass is 891 g/mol. The summed E-state index contributed by atoms with van der Waals surface area (Å²) in [5.74, 6) is -2.12. The second-order valence-electron chi connectivity index (χ2n) is 19.1. The molecular weight excluding hydrogens is 827 g/mol. The van der Waals surface area contributed by atoms with Gasteiger partial charge in [-0.1, -0.05) is 58.9 Å². The second-order valence-corrected chi connectivity index (χ2v) is 23.9. The van der Waals surface area contributed by atoms with Crippen molar-refractivity contribution in [3.8, 4) is 0 Å². The third-order valence-corrected chi connectivity index (χ3v) is 17.9. The van der Waals surface area contributed by atoms with E-state index in [1.807, 2.05) is 0 Å². The van der Waals surface area contributed by atoms with Crippen LogP contribution in [0, 0.1) is 23.7 Å². The van der Waals surface area contributed by atoms with Gasteiger partial charge >= 0.3 is 12.1 Å². The third kappa shape index (κ3) is 11.6. The molecule has 6 rings (SSSR count). The maximum absolute atomic E-state index is 13.3. The number of ether oxygens (including phenoxy) is 3. The largest absolute Gasteiger partial charge is 0.462 e. The van der Waals surface area contributed by atoms with Gasteiger partial charge in [-0.15, -0.1) is 0 Å². The molecule has 0 bridgehead atoms. The highest BCUT2D eigenvalue weighted by atomic mass is 28.4. The summed E-state index contributed by atoms with van der Waals surface area (Å²) in [7, 11) is -2.06. The Balaban J connectivity index is 0.895. The number of rotatable bonds is 17. The SMILES string of the molecule is C[C@H]1C=C2C=C[C@H](C)[C@H](CC[C@@H]3C[C@@H](O[Si](C)(C)C(C)(C)C)CC(=O)O3)[C@H]2[C@@H](OC(=O)NCCC(=O)NCCOCCNc2cccc3c2C(=O)N(C2CCC(=O)NC2=O)C3=O)C1. The highest BCUT2D eigenvalue weighted by Crippen LogP contribution is 2.46. The number of imide groups is 2. The Labute approximate surface area is 371 Å². The Morgan fingerprint density at radius 1 is 0.968 bits per heavy atom. The molecule has 3 aliphatic heterocycles. The van der Waals surface area contributed by atoms with Crippen molar-refractivity contribution in [2.75, 3.05) is 38.2 Å². The molecule has 17 heteroatoms. The summed E-state index contributed by atoms with van der Waals surface area (Å²) in [6.45, 7) is 16.4. The van der Waals surface area contributed by atoms with Crippen LogP contribution in [0.4, 0.5) is 10.5 Å². The Kier molecular flexibility index (Phi) is 15.3. The lowest BCUT2D eigenvalue weighted by Crippen LogP contribution is -2.54. The first kappa shape index (κ1) is 47.6. The van der Waals surface area contributed by atoms with Gasteiger partial charge in [-0.3, -0.25) is 39.0 Å². The van der Waals surface area contributed by atoms with Gasteiger partial charge in [0.15, 0.2) is 8.32 Å². The molecule has 2 aliphatic carbocycles. The molecule has 5 aliphatic rings. The van der Waals surface area contributed by atoms with E-state index in [4.69, 9.17) is 18.6 Å². The summed E-state index contributed by atoms with van der Waals surface area (Å²) in [6, 6.07) is 3.78. The van der Waals surface area contributed by atoms with E-state index in [0.717, 1.165) is 11.3 Å². The van der Waals surface area contributed by atoms with Crippen molar-refractivity contribution in [2.24, 2.45) is 23.7 Å². The molecule has 344 valence electrons. The molecule has 0 saturated carbocycles. The highest BCUT2D eigenvalue weighted by molar-refractivity contribution is 6.74. The summed E-state index contributed by atoms with van der Waals surface area (Å²) in [4.78, 5) is 89.7. The minimum atomic E-state index is -2.06. The number of hydrogen-bond donors (Lipinski definition) is 4. The maximum Gasteiger partial charge on any atom is 0.407 e. The number of esters is 1. The number of anilines is 1. The quantitative estimate of drug-likeness (QED) is 0.0672. The zero-order valence-corrected chi connectivity index (χ0v) is 38.7. The lowest BCUT2D eigenvalue weighted by atomic mass is 9.65. The van der Waals surface area contributed by atoms with Gasteiger partial charge < -0.3 is 34.6 Å². The van der Waals surface area contributed by atoms with Crippen molar-refractivity contribution < 1.29 is 52.2 Å². The molecule has 0 aromatic heterocycles. The normalized spacial score (nSPS) is 27.2. The molecular formula is C46H65N5O11Si. The van der Waals surface area contributed by atoms with Gasteiger partial charge in [0.2, 0.25) is 17.7 Å². The van der Waals surface area contributed by atoms with Crippen LogP contribution in [0.2, 0.25) is 18.1 Å². The van der Waals surface area contributed by atoms with Crippen LogP contribution in [0.5, 0.6) is 0 Å². The number of benzene rings is 1. The minimum Gasteiger partial charge on any atom is -0.462 e. The van der Waals surface area contributed by atoms with Crippen LogP contribution in [-0.2, 0) is 37.8 Å². The molecule has 2 saturated heterocycles. The van der Waals surface area contributed by atoms with E-state index in [-0.39, 0.29) is 122 Å². The summed E-state index contributed by atoms with van der Waals surface area (Å²) < 4.78 is 24.2. The molecule has 4 N–H and O–H groups in total. The van der Waals surface area contributed by atoms with Crippen LogP contribution in [0.15, 0.2) is 42.0 Å². The van der Waals surface area contributed by atoms with Crippen molar-refractivity contribution in [1.29, 1.82) is 0 Å². The van der Waals surface area contributed by atoms with Crippen LogP contribution < -0.4 is 21.3 Å². The van der Waals surface area contributed by atoms with Crippen LogP contribution in [0.3, 0.4) is 0 Å². The number of alkyl carbamates (subject to hydrolysis) is 1. The summed E-state index contributed by atoms with van der Waals surface area (Å²) in [6.07, 6.45) is 8.69. The molecule has 63 heavy (non-hydrogen) atoms. The smallest absolute Gasteiger partial charge is 0.407 e. The topological polar surface area (TPSA) is 208 Å². The lowest BCUT2D eigenvalue weighted by molar-refractivity contribution is -0.160. The molecule has 0 radical (unpaired) electrons. The lowest BCUT2D eigenvalue weighted by Gasteiger charge is -2.44. The van der Waals surface area contributed by atoms with Crippen molar-refractivity contribution >= 4 is 55.6 Å². The van der Waals surface area contributed by atoms with Gasteiger partial charge in [-0.25, -0.2) is 4.79 Å². The Morgan fingerprint density at radius 2 is 1.73 bits per heavy atom. The van der Waals surface area contributed by atoms with Gasteiger partial charge in [0.05, 0.1) is 36.9 Å².